The Labute approximate surface area is 166 Å². The SMILES string of the molecule is CC(C)OCc1cccc(NC(=O)C2CC(=O)N(CCc3ccccc3)C2)c1. The number of anilines is 1. The van der Waals surface area contributed by atoms with Crippen LogP contribution < -0.4 is 5.32 Å². The predicted octanol–water partition coefficient (Wildman–Crippen LogP) is 3.64. The van der Waals surface area contributed by atoms with E-state index in [1.54, 1.807) is 4.90 Å². The highest BCUT2D eigenvalue weighted by atomic mass is 16.5. The van der Waals surface area contributed by atoms with Gasteiger partial charge in [-0.1, -0.05) is 42.5 Å². The maximum Gasteiger partial charge on any atom is 0.229 e. The van der Waals surface area contributed by atoms with Gasteiger partial charge in [-0.05, 0) is 43.5 Å². The molecule has 28 heavy (non-hydrogen) atoms. The zero-order valence-corrected chi connectivity index (χ0v) is 16.6. The topological polar surface area (TPSA) is 58.6 Å². The number of amides is 2. The zero-order chi connectivity index (χ0) is 19.9. The molecule has 1 unspecified atom stereocenters. The lowest BCUT2D eigenvalue weighted by Gasteiger charge is -2.17. The van der Waals surface area contributed by atoms with Crippen LogP contribution in [-0.2, 0) is 27.4 Å². The van der Waals surface area contributed by atoms with Crippen molar-refractivity contribution in [2.75, 3.05) is 18.4 Å². The molecule has 0 saturated carbocycles. The normalized spacial score (nSPS) is 16.6. The Balaban J connectivity index is 1.52. The van der Waals surface area contributed by atoms with Crippen LogP contribution in [0.2, 0.25) is 0 Å². The van der Waals surface area contributed by atoms with Gasteiger partial charge in [-0.15, -0.1) is 0 Å². The number of rotatable bonds is 8. The molecule has 1 saturated heterocycles. The summed E-state index contributed by atoms with van der Waals surface area (Å²) in [4.78, 5) is 26.7. The van der Waals surface area contributed by atoms with Gasteiger partial charge in [0.05, 0.1) is 18.6 Å². The maximum absolute atomic E-state index is 12.6. The second kappa shape index (κ2) is 9.51. The quantitative estimate of drug-likeness (QED) is 0.761. The van der Waals surface area contributed by atoms with Crippen molar-refractivity contribution < 1.29 is 14.3 Å². The van der Waals surface area contributed by atoms with Crippen molar-refractivity contribution >= 4 is 17.5 Å². The summed E-state index contributed by atoms with van der Waals surface area (Å²) in [5, 5.41) is 2.95. The van der Waals surface area contributed by atoms with Crippen LogP contribution in [0.4, 0.5) is 5.69 Å². The molecule has 2 aromatic rings. The lowest BCUT2D eigenvalue weighted by molar-refractivity contribution is -0.128. The van der Waals surface area contributed by atoms with E-state index in [0.717, 1.165) is 17.7 Å². The van der Waals surface area contributed by atoms with Gasteiger partial charge in [0, 0.05) is 25.2 Å². The first-order valence-corrected chi connectivity index (χ1v) is 9.84. The number of hydrogen-bond acceptors (Lipinski definition) is 3. The Hall–Kier alpha value is -2.66. The van der Waals surface area contributed by atoms with Crippen molar-refractivity contribution in [1.82, 2.24) is 4.90 Å². The largest absolute Gasteiger partial charge is 0.374 e. The average Bonchev–Trinajstić information content (AvgIpc) is 3.07. The van der Waals surface area contributed by atoms with E-state index >= 15 is 0 Å². The third kappa shape index (κ3) is 5.67. The molecule has 2 aromatic carbocycles. The summed E-state index contributed by atoms with van der Waals surface area (Å²) in [5.74, 6) is -0.355. The van der Waals surface area contributed by atoms with Gasteiger partial charge in [-0.25, -0.2) is 0 Å². The smallest absolute Gasteiger partial charge is 0.229 e. The molecule has 5 heteroatoms. The third-order valence-electron chi connectivity index (χ3n) is 4.88. The molecule has 0 aliphatic carbocycles. The minimum Gasteiger partial charge on any atom is -0.374 e. The van der Waals surface area contributed by atoms with E-state index < -0.39 is 0 Å². The number of ether oxygens (including phenoxy) is 1. The maximum atomic E-state index is 12.6. The van der Waals surface area contributed by atoms with Crippen LogP contribution >= 0.6 is 0 Å². The van der Waals surface area contributed by atoms with Gasteiger partial charge in [0.15, 0.2) is 0 Å². The summed E-state index contributed by atoms with van der Waals surface area (Å²) in [6, 6.07) is 17.7. The highest BCUT2D eigenvalue weighted by Gasteiger charge is 2.34. The zero-order valence-electron chi connectivity index (χ0n) is 16.6. The fraction of sp³-hybridized carbons (Fsp3) is 0.391. The first-order chi connectivity index (χ1) is 13.5. The second-order valence-corrected chi connectivity index (χ2v) is 7.53. The second-order valence-electron chi connectivity index (χ2n) is 7.53. The molecule has 0 radical (unpaired) electrons. The molecule has 1 N–H and O–H groups in total. The van der Waals surface area contributed by atoms with E-state index in [1.807, 2.05) is 56.3 Å². The molecule has 0 bridgehead atoms. The number of likely N-dealkylation sites (tertiary alicyclic amines) is 1. The molecule has 3 rings (SSSR count). The predicted molar refractivity (Wildman–Crippen MR) is 110 cm³/mol. The van der Waals surface area contributed by atoms with Crippen LogP contribution in [-0.4, -0.2) is 35.9 Å². The van der Waals surface area contributed by atoms with E-state index in [2.05, 4.69) is 17.4 Å². The van der Waals surface area contributed by atoms with Crippen LogP contribution in [0, 0.1) is 5.92 Å². The number of hydrogen-bond donors (Lipinski definition) is 1. The van der Waals surface area contributed by atoms with Gasteiger partial charge in [-0.2, -0.15) is 0 Å². The molecule has 1 fully saturated rings. The van der Waals surface area contributed by atoms with E-state index in [9.17, 15) is 9.59 Å². The summed E-state index contributed by atoms with van der Waals surface area (Å²) in [6.07, 6.45) is 1.24. The molecular weight excluding hydrogens is 352 g/mol. The highest BCUT2D eigenvalue weighted by molar-refractivity contribution is 5.97. The van der Waals surface area contributed by atoms with Crippen LogP contribution in [0.3, 0.4) is 0 Å². The molecular formula is C23H28N2O3. The summed E-state index contributed by atoms with van der Waals surface area (Å²) >= 11 is 0. The van der Waals surface area contributed by atoms with Crippen molar-refractivity contribution in [3.63, 3.8) is 0 Å². The molecule has 1 aliphatic heterocycles. The van der Waals surface area contributed by atoms with E-state index in [1.165, 1.54) is 5.56 Å². The molecule has 1 aliphatic rings. The Morgan fingerprint density at radius 3 is 2.64 bits per heavy atom. The van der Waals surface area contributed by atoms with Crippen LogP contribution in [0.1, 0.15) is 31.4 Å². The molecule has 1 heterocycles. The summed E-state index contributed by atoms with van der Waals surface area (Å²) in [5.41, 5.74) is 2.95. The summed E-state index contributed by atoms with van der Waals surface area (Å²) in [7, 11) is 0. The number of nitrogens with one attached hydrogen (secondary N) is 1. The van der Waals surface area contributed by atoms with Crippen molar-refractivity contribution in [3.8, 4) is 0 Å². The Morgan fingerprint density at radius 2 is 1.89 bits per heavy atom. The highest BCUT2D eigenvalue weighted by Crippen LogP contribution is 2.21. The Kier molecular flexibility index (Phi) is 6.82. The molecule has 1 atom stereocenters. The molecule has 0 aromatic heterocycles. The standard InChI is InChI=1S/C23H28N2O3/c1-17(2)28-16-19-9-6-10-21(13-19)24-23(27)20-14-22(26)25(15-20)12-11-18-7-4-3-5-8-18/h3-10,13,17,20H,11-12,14-16H2,1-2H3,(H,24,27). The van der Waals surface area contributed by atoms with Crippen LogP contribution in [0.25, 0.3) is 0 Å². The number of benzene rings is 2. The van der Waals surface area contributed by atoms with E-state index in [0.29, 0.717) is 19.7 Å². The lowest BCUT2D eigenvalue weighted by atomic mass is 10.1. The molecule has 0 spiro atoms. The lowest BCUT2D eigenvalue weighted by Crippen LogP contribution is -2.30. The first kappa shape index (κ1) is 20.1. The fourth-order valence-electron chi connectivity index (χ4n) is 3.32. The van der Waals surface area contributed by atoms with E-state index in [4.69, 9.17) is 4.74 Å². The molecule has 148 valence electrons. The summed E-state index contributed by atoms with van der Waals surface area (Å²) < 4.78 is 5.62. The fourth-order valence-corrected chi connectivity index (χ4v) is 3.32. The van der Waals surface area contributed by atoms with Crippen LogP contribution in [0.5, 0.6) is 0 Å². The van der Waals surface area contributed by atoms with Gasteiger partial charge < -0.3 is 15.0 Å². The number of carbonyl (C=O) groups is 2. The van der Waals surface area contributed by atoms with Crippen molar-refractivity contribution in [3.05, 3.63) is 65.7 Å². The third-order valence-corrected chi connectivity index (χ3v) is 4.88. The van der Waals surface area contributed by atoms with Crippen molar-refractivity contribution in [2.24, 2.45) is 5.92 Å². The minimum atomic E-state index is -0.307. The van der Waals surface area contributed by atoms with Gasteiger partial charge in [0.1, 0.15) is 0 Å². The monoisotopic (exact) mass is 380 g/mol. The Bertz CT molecular complexity index is 805. The van der Waals surface area contributed by atoms with Gasteiger partial charge >= 0.3 is 0 Å². The Morgan fingerprint density at radius 1 is 1.14 bits per heavy atom. The van der Waals surface area contributed by atoms with Crippen LogP contribution in [0.15, 0.2) is 54.6 Å². The average molecular weight is 380 g/mol. The van der Waals surface area contributed by atoms with E-state index in [-0.39, 0.29) is 30.3 Å². The molecule has 2 amide bonds. The van der Waals surface area contributed by atoms with Gasteiger partial charge in [0.25, 0.3) is 0 Å². The van der Waals surface area contributed by atoms with Gasteiger partial charge in [0.2, 0.25) is 11.8 Å². The van der Waals surface area contributed by atoms with Gasteiger partial charge in [-0.3, -0.25) is 9.59 Å². The number of carbonyl (C=O) groups excluding carboxylic acids is 2. The molecule has 5 nitrogen and oxygen atoms in total. The first-order valence-electron chi connectivity index (χ1n) is 9.84. The van der Waals surface area contributed by atoms with Crippen molar-refractivity contribution in [1.29, 1.82) is 0 Å². The minimum absolute atomic E-state index is 0.0511. The summed E-state index contributed by atoms with van der Waals surface area (Å²) in [6.45, 7) is 5.62. The van der Waals surface area contributed by atoms with Crippen molar-refractivity contribution in [2.45, 2.75) is 39.4 Å². The number of nitrogens with zero attached hydrogens (tertiary/aromatic N) is 1.